The third-order valence-electron chi connectivity index (χ3n) is 4.37. The highest BCUT2D eigenvalue weighted by atomic mass is 35.5. The lowest BCUT2D eigenvalue weighted by molar-refractivity contribution is -0.538. The fourth-order valence-corrected chi connectivity index (χ4v) is 4.18. The smallest absolute Gasteiger partial charge is 0.463 e. The Morgan fingerprint density at radius 1 is 1.20 bits per heavy atom. The van der Waals surface area contributed by atoms with Crippen molar-refractivity contribution >= 4 is 29.3 Å². The summed E-state index contributed by atoms with van der Waals surface area (Å²) in [6, 6.07) is 5.18. The van der Waals surface area contributed by atoms with Crippen LogP contribution < -0.4 is 0 Å². The zero-order valence-corrected chi connectivity index (χ0v) is 17.9. The van der Waals surface area contributed by atoms with Crippen LogP contribution in [-0.2, 0) is 16.5 Å². The zero-order chi connectivity index (χ0) is 23.1. The predicted molar refractivity (Wildman–Crippen MR) is 106 cm³/mol. The Hall–Kier alpha value is -2.04. The molecule has 0 fully saturated rings. The van der Waals surface area contributed by atoms with Crippen molar-refractivity contribution in [1.82, 2.24) is 4.98 Å². The van der Waals surface area contributed by atoms with Crippen molar-refractivity contribution < 1.29 is 36.0 Å². The molecule has 2 N–H and O–H groups in total. The van der Waals surface area contributed by atoms with Gasteiger partial charge in [0.2, 0.25) is 0 Å². The molecule has 11 heteroatoms. The lowest BCUT2D eigenvalue weighted by Gasteiger charge is -2.32. The van der Waals surface area contributed by atoms with Crippen LogP contribution in [0.4, 0.5) is 17.6 Å². The molecule has 0 spiro atoms. The Bertz CT molecular complexity index is 991. The van der Waals surface area contributed by atoms with E-state index in [1.807, 2.05) is 0 Å². The third kappa shape index (κ3) is 4.21. The highest BCUT2D eigenvalue weighted by Gasteiger charge is 2.68. The van der Waals surface area contributed by atoms with Gasteiger partial charge < -0.3 is 10.2 Å². The Labute approximate surface area is 178 Å². The average molecular weight is 468 g/mol. The molecule has 0 aliphatic carbocycles. The van der Waals surface area contributed by atoms with Gasteiger partial charge in [-0.1, -0.05) is 11.6 Å². The molecule has 5 nitrogen and oxygen atoms in total. The summed E-state index contributed by atoms with van der Waals surface area (Å²) >= 11 is 5.93. The summed E-state index contributed by atoms with van der Waals surface area (Å²) in [5.74, 6) is -1.57. The minimum atomic E-state index is -5.23. The van der Waals surface area contributed by atoms with Gasteiger partial charge in [0.25, 0.3) is 11.0 Å². The topological polar surface area (TPSA) is 73.4 Å². The summed E-state index contributed by atoms with van der Waals surface area (Å²) < 4.78 is 68.1. The van der Waals surface area contributed by atoms with Crippen molar-refractivity contribution in [1.29, 1.82) is 0 Å². The van der Waals surface area contributed by atoms with E-state index < -0.39 is 56.3 Å². The number of aromatic hydroxyl groups is 1. The van der Waals surface area contributed by atoms with E-state index in [1.165, 1.54) is 32.9 Å². The van der Waals surface area contributed by atoms with Crippen LogP contribution in [0.3, 0.4) is 0 Å². The molecule has 0 saturated carbocycles. The average Bonchev–Trinajstić information content (AvgIpc) is 2.63. The van der Waals surface area contributed by atoms with E-state index >= 15 is 0 Å². The number of hydrogen-bond acceptors (Lipinski definition) is 4. The Morgan fingerprint density at radius 2 is 1.73 bits per heavy atom. The summed E-state index contributed by atoms with van der Waals surface area (Å²) in [6.07, 6.45) is -5.23. The standard InChI is InChI=1S/C19H19ClF4N2O3S/c1-17(2,3)30(29)26(4)18(10-27,19(22,23)24)13-9-14(20)25-15(16(13)28)11-5-7-12(21)8-6-11/h5-9,27H,4,10H2,1-3H3/p+1/t18-,30?/m0/s1. The van der Waals surface area contributed by atoms with E-state index in [0.29, 0.717) is 0 Å². The van der Waals surface area contributed by atoms with Gasteiger partial charge in [0.05, 0.1) is 10.3 Å². The lowest BCUT2D eigenvalue weighted by atomic mass is 9.89. The molecule has 0 amide bonds. The number of nitrogens with zero attached hydrogens (tertiary/aromatic N) is 2. The van der Waals surface area contributed by atoms with Gasteiger partial charge in [-0.3, -0.25) is 0 Å². The van der Waals surface area contributed by atoms with Crippen LogP contribution in [0.15, 0.2) is 30.3 Å². The van der Waals surface area contributed by atoms with Crippen molar-refractivity contribution in [3.63, 3.8) is 0 Å². The van der Waals surface area contributed by atoms with E-state index in [1.54, 1.807) is 0 Å². The molecule has 1 aromatic carbocycles. The molecule has 1 aromatic heterocycles. The number of halogens is 5. The normalized spacial score (nSPS) is 15.5. The van der Waals surface area contributed by atoms with E-state index in [-0.39, 0.29) is 15.2 Å². The summed E-state index contributed by atoms with van der Waals surface area (Å²) in [7, 11) is -2.35. The maximum Gasteiger partial charge on any atom is 0.463 e. The van der Waals surface area contributed by atoms with Crippen molar-refractivity contribution in [3.05, 3.63) is 46.9 Å². The molecule has 0 radical (unpaired) electrons. The van der Waals surface area contributed by atoms with Gasteiger partial charge in [-0.15, -0.1) is 3.98 Å². The zero-order valence-electron chi connectivity index (χ0n) is 16.3. The molecule has 1 unspecified atom stereocenters. The second-order valence-corrected chi connectivity index (χ2v) is 10.0. The molecule has 2 aromatic rings. The summed E-state index contributed by atoms with van der Waals surface area (Å²) in [5.41, 5.74) is -4.53. The Kier molecular flexibility index (Phi) is 6.65. The van der Waals surface area contributed by atoms with Crippen molar-refractivity contribution in [2.24, 2.45) is 0 Å². The van der Waals surface area contributed by atoms with Crippen LogP contribution in [0.5, 0.6) is 5.75 Å². The predicted octanol–water partition coefficient (Wildman–Crippen LogP) is 4.17. The van der Waals surface area contributed by atoms with Gasteiger partial charge in [-0.25, -0.2) is 9.37 Å². The van der Waals surface area contributed by atoms with E-state index in [4.69, 9.17) is 11.6 Å². The molecule has 0 aliphatic rings. The molecular weight excluding hydrogens is 448 g/mol. The van der Waals surface area contributed by atoms with Gasteiger partial charge in [-0.05, 0) is 51.1 Å². The van der Waals surface area contributed by atoms with Gasteiger partial charge in [0.15, 0.2) is 5.75 Å². The number of pyridine rings is 1. The highest BCUT2D eigenvalue weighted by molar-refractivity contribution is 7.80. The van der Waals surface area contributed by atoms with Crippen LogP contribution >= 0.6 is 11.6 Å². The largest absolute Gasteiger partial charge is 0.505 e. The first-order chi connectivity index (χ1) is 13.7. The molecule has 164 valence electrons. The Balaban J connectivity index is 2.88. The van der Waals surface area contributed by atoms with Crippen molar-refractivity contribution in [2.75, 3.05) is 6.61 Å². The second kappa shape index (κ2) is 8.24. The van der Waals surface area contributed by atoms with E-state index in [0.717, 1.165) is 18.2 Å². The first-order valence-corrected chi connectivity index (χ1v) is 10.0. The van der Waals surface area contributed by atoms with Gasteiger partial charge in [0, 0.05) is 5.56 Å². The Morgan fingerprint density at radius 3 is 2.17 bits per heavy atom. The third-order valence-corrected chi connectivity index (χ3v) is 6.33. The number of rotatable bonds is 5. The summed E-state index contributed by atoms with van der Waals surface area (Å²) in [6.45, 7) is 5.99. The van der Waals surface area contributed by atoms with Crippen LogP contribution in [0, 0.1) is 5.82 Å². The molecular formula is C19H20ClF4N2O3S+. The summed E-state index contributed by atoms with van der Waals surface area (Å²) in [4.78, 5) is 3.85. The molecule has 0 saturated heterocycles. The molecule has 1 heterocycles. The van der Waals surface area contributed by atoms with Gasteiger partial charge in [0.1, 0.15) is 30.0 Å². The van der Waals surface area contributed by atoms with Crippen molar-refractivity contribution in [3.8, 4) is 17.0 Å². The maximum atomic E-state index is 14.4. The van der Waals surface area contributed by atoms with E-state index in [2.05, 4.69) is 11.7 Å². The summed E-state index contributed by atoms with van der Waals surface area (Å²) in [5, 5.41) is 20.2. The minimum absolute atomic E-state index is 0.0826. The SMILES string of the molecule is C=[N+](S(=O)C(C)(C)C)[C@@](CO)(c1cc(Cl)nc(-c2ccc(F)cc2)c1O)C(F)(F)F. The first-order valence-electron chi connectivity index (χ1n) is 8.53. The maximum absolute atomic E-state index is 14.4. The number of hydrogen-bond donors (Lipinski definition) is 2. The number of aliphatic hydroxyl groups is 1. The first kappa shape index (κ1) is 24.2. The monoisotopic (exact) mass is 467 g/mol. The highest BCUT2D eigenvalue weighted by Crippen LogP contribution is 2.48. The minimum Gasteiger partial charge on any atom is -0.505 e. The van der Waals surface area contributed by atoms with Crippen LogP contribution in [-0.4, -0.2) is 47.6 Å². The molecule has 0 aliphatic heterocycles. The fourth-order valence-electron chi connectivity index (χ4n) is 2.79. The number of aromatic nitrogens is 1. The van der Waals surface area contributed by atoms with E-state index in [9.17, 15) is 32.0 Å². The van der Waals surface area contributed by atoms with Crippen molar-refractivity contribution in [2.45, 2.75) is 37.2 Å². The molecule has 2 rings (SSSR count). The quantitative estimate of drug-likeness (QED) is 0.299. The lowest BCUT2D eigenvalue weighted by Crippen LogP contribution is -2.56. The van der Waals surface area contributed by atoms with Gasteiger partial charge in [-0.2, -0.15) is 17.4 Å². The molecule has 0 bridgehead atoms. The second-order valence-electron chi connectivity index (χ2n) is 7.45. The van der Waals surface area contributed by atoms with Gasteiger partial charge >= 0.3 is 11.7 Å². The molecule has 2 atom stereocenters. The van der Waals surface area contributed by atoms with Crippen LogP contribution in [0.2, 0.25) is 5.15 Å². The molecule has 30 heavy (non-hydrogen) atoms. The fraction of sp³-hybridized carbons (Fsp3) is 0.368. The number of alkyl halides is 3. The number of benzene rings is 1. The van der Waals surface area contributed by atoms with Crippen LogP contribution in [0.1, 0.15) is 26.3 Å². The number of aliphatic hydroxyl groups excluding tert-OH is 1. The van der Waals surface area contributed by atoms with Crippen LogP contribution in [0.25, 0.3) is 11.3 Å².